The Morgan fingerprint density at radius 2 is 2.00 bits per heavy atom. The molecule has 0 N–H and O–H groups in total. The second-order valence-electron chi connectivity index (χ2n) is 5.31. The molecule has 0 fully saturated rings. The van der Waals surface area contributed by atoms with E-state index in [0.717, 1.165) is 16.8 Å². The fourth-order valence-electron chi connectivity index (χ4n) is 2.25. The average molecular weight is 325 g/mol. The molecule has 1 aromatic carbocycles. The van der Waals surface area contributed by atoms with Crippen molar-refractivity contribution in [3.05, 3.63) is 59.3 Å². The maximum Gasteiger partial charge on any atom is 0.222 e. The number of hydrogen-bond donors (Lipinski definition) is 0. The number of benzene rings is 1. The van der Waals surface area contributed by atoms with E-state index < -0.39 is 0 Å². The van der Waals surface area contributed by atoms with Crippen LogP contribution in [0.15, 0.2) is 52.6 Å². The first-order chi connectivity index (χ1) is 11.7. The molecular weight excluding hydrogens is 302 g/mol. The number of hydrogen-bond acceptors (Lipinski definition) is 4. The van der Waals surface area contributed by atoms with Gasteiger partial charge in [-0.15, -0.1) is 0 Å². The third-order valence-electron chi connectivity index (χ3n) is 3.45. The van der Waals surface area contributed by atoms with Crippen LogP contribution in [-0.4, -0.2) is 43.9 Å². The third kappa shape index (κ3) is 4.73. The van der Waals surface area contributed by atoms with Gasteiger partial charge in [0, 0.05) is 25.9 Å². The van der Waals surface area contributed by atoms with Crippen molar-refractivity contribution in [1.82, 2.24) is 4.98 Å². The molecule has 0 radical (unpaired) electrons. The minimum atomic E-state index is 0.445. The van der Waals surface area contributed by atoms with E-state index in [0.29, 0.717) is 24.9 Å². The zero-order valence-corrected chi connectivity index (χ0v) is 14.6. The molecule has 2 aromatic rings. The summed E-state index contributed by atoms with van der Waals surface area (Å²) in [6, 6.07) is 11.9. The van der Waals surface area contributed by atoms with Gasteiger partial charge in [-0.2, -0.15) is 0 Å². The Bertz CT molecular complexity index is 739. The standard InChI is InChI=1S/C19H23N3O2/c1-14-7-5-8-16(13-14)18(20-3)22-15(2)17-9-6-10-21-19(17)24-12-11-23-4/h5-10,13H,11-12H2,1-4H3. The van der Waals surface area contributed by atoms with Crippen LogP contribution in [0.25, 0.3) is 0 Å². The molecule has 0 amide bonds. The number of aromatic nitrogens is 1. The Morgan fingerprint density at radius 1 is 1.17 bits per heavy atom. The predicted molar refractivity (Wildman–Crippen MR) is 97.5 cm³/mol. The minimum Gasteiger partial charge on any atom is -0.475 e. The van der Waals surface area contributed by atoms with E-state index in [-0.39, 0.29) is 0 Å². The Morgan fingerprint density at radius 3 is 2.71 bits per heavy atom. The summed E-state index contributed by atoms with van der Waals surface area (Å²) in [5.41, 5.74) is 3.81. The summed E-state index contributed by atoms with van der Waals surface area (Å²) in [6.45, 7) is 4.94. The molecule has 0 aliphatic carbocycles. The zero-order chi connectivity index (χ0) is 17.4. The number of methoxy groups -OCH3 is 1. The van der Waals surface area contributed by atoms with E-state index in [9.17, 15) is 0 Å². The summed E-state index contributed by atoms with van der Waals surface area (Å²) >= 11 is 0. The topological polar surface area (TPSA) is 56.1 Å². The molecule has 5 heteroatoms. The number of nitrogens with zero attached hydrogens (tertiary/aromatic N) is 3. The molecule has 0 spiro atoms. The van der Waals surface area contributed by atoms with Gasteiger partial charge in [-0.05, 0) is 32.0 Å². The van der Waals surface area contributed by atoms with E-state index in [1.165, 1.54) is 5.56 Å². The van der Waals surface area contributed by atoms with Gasteiger partial charge in [-0.25, -0.2) is 9.98 Å². The molecular formula is C19H23N3O2. The van der Waals surface area contributed by atoms with Gasteiger partial charge in [0.05, 0.1) is 17.9 Å². The molecule has 24 heavy (non-hydrogen) atoms. The molecule has 0 aliphatic heterocycles. The van der Waals surface area contributed by atoms with Crippen molar-refractivity contribution in [1.29, 1.82) is 0 Å². The highest BCUT2D eigenvalue weighted by molar-refractivity contribution is 6.12. The van der Waals surface area contributed by atoms with E-state index in [2.05, 4.69) is 34.0 Å². The first-order valence-electron chi connectivity index (χ1n) is 7.82. The Kier molecular flexibility index (Phi) is 6.63. The lowest BCUT2D eigenvalue weighted by Gasteiger charge is -2.10. The first kappa shape index (κ1) is 17.8. The van der Waals surface area contributed by atoms with Crippen molar-refractivity contribution in [2.45, 2.75) is 13.8 Å². The number of ether oxygens (including phenoxy) is 2. The number of amidine groups is 1. The normalized spacial score (nSPS) is 12.3. The second-order valence-corrected chi connectivity index (χ2v) is 5.31. The van der Waals surface area contributed by atoms with Crippen LogP contribution in [0.5, 0.6) is 5.88 Å². The number of aryl methyl sites for hydroxylation is 1. The lowest BCUT2D eigenvalue weighted by atomic mass is 10.1. The summed E-state index contributed by atoms with van der Waals surface area (Å²) < 4.78 is 10.7. The van der Waals surface area contributed by atoms with Crippen LogP contribution in [0, 0.1) is 6.92 Å². The third-order valence-corrected chi connectivity index (χ3v) is 3.45. The summed E-state index contributed by atoms with van der Waals surface area (Å²) in [5, 5.41) is 0. The van der Waals surface area contributed by atoms with Crippen LogP contribution in [0.3, 0.4) is 0 Å². The zero-order valence-electron chi connectivity index (χ0n) is 14.6. The van der Waals surface area contributed by atoms with Crippen molar-refractivity contribution in [2.24, 2.45) is 9.98 Å². The second kappa shape index (κ2) is 8.93. The van der Waals surface area contributed by atoms with Crippen molar-refractivity contribution in [3.63, 3.8) is 0 Å². The van der Waals surface area contributed by atoms with Gasteiger partial charge in [0.15, 0.2) is 5.84 Å². The molecule has 0 bridgehead atoms. The Balaban J connectivity index is 2.29. The highest BCUT2D eigenvalue weighted by Crippen LogP contribution is 2.16. The molecule has 2 rings (SSSR count). The first-order valence-corrected chi connectivity index (χ1v) is 7.82. The number of rotatable bonds is 6. The summed E-state index contributed by atoms with van der Waals surface area (Å²) in [6.07, 6.45) is 1.70. The molecule has 1 aromatic heterocycles. The van der Waals surface area contributed by atoms with E-state index in [4.69, 9.17) is 9.47 Å². The quantitative estimate of drug-likeness (QED) is 0.465. The van der Waals surface area contributed by atoms with Crippen LogP contribution in [0.1, 0.15) is 23.6 Å². The molecule has 0 saturated heterocycles. The highest BCUT2D eigenvalue weighted by atomic mass is 16.5. The Labute approximate surface area is 143 Å². The largest absolute Gasteiger partial charge is 0.475 e. The lowest BCUT2D eigenvalue weighted by molar-refractivity contribution is 0.143. The van der Waals surface area contributed by atoms with E-state index >= 15 is 0 Å². The maximum atomic E-state index is 5.68. The maximum absolute atomic E-state index is 5.68. The fourth-order valence-corrected chi connectivity index (χ4v) is 2.25. The van der Waals surface area contributed by atoms with Crippen LogP contribution >= 0.6 is 0 Å². The van der Waals surface area contributed by atoms with Crippen molar-refractivity contribution >= 4 is 11.5 Å². The van der Waals surface area contributed by atoms with Gasteiger partial charge in [0.25, 0.3) is 0 Å². The highest BCUT2D eigenvalue weighted by Gasteiger charge is 2.10. The van der Waals surface area contributed by atoms with Crippen LogP contribution in [0.4, 0.5) is 0 Å². The van der Waals surface area contributed by atoms with Gasteiger partial charge in [-0.3, -0.25) is 4.99 Å². The fraction of sp³-hybridized carbons (Fsp3) is 0.316. The van der Waals surface area contributed by atoms with Gasteiger partial charge in [0.2, 0.25) is 5.88 Å². The smallest absolute Gasteiger partial charge is 0.222 e. The summed E-state index contributed by atoms with van der Waals surface area (Å²) in [5.74, 6) is 1.23. The number of aliphatic imine (C=N–C) groups is 2. The van der Waals surface area contributed by atoms with Crippen LogP contribution in [0.2, 0.25) is 0 Å². The van der Waals surface area contributed by atoms with Gasteiger partial charge in [0.1, 0.15) is 6.61 Å². The van der Waals surface area contributed by atoms with Crippen molar-refractivity contribution < 1.29 is 9.47 Å². The van der Waals surface area contributed by atoms with Crippen LogP contribution in [-0.2, 0) is 4.74 Å². The molecule has 0 saturated carbocycles. The molecule has 1 heterocycles. The SMILES string of the molecule is CN=C(N=C(C)c1cccnc1OCCOC)c1cccc(C)c1. The van der Waals surface area contributed by atoms with E-state index in [1.54, 1.807) is 20.4 Å². The lowest BCUT2D eigenvalue weighted by Crippen LogP contribution is -2.10. The van der Waals surface area contributed by atoms with Crippen molar-refractivity contribution in [3.8, 4) is 5.88 Å². The van der Waals surface area contributed by atoms with Gasteiger partial charge in [-0.1, -0.05) is 23.8 Å². The molecule has 0 aliphatic rings. The minimum absolute atomic E-state index is 0.445. The number of pyridine rings is 1. The molecule has 0 atom stereocenters. The average Bonchev–Trinajstić information content (AvgIpc) is 2.60. The predicted octanol–water partition coefficient (Wildman–Crippen LogP) is 3.30. The molecule has 126 valence electrons. The summed E-state index contributed by atoms with van der Waals surface area (Å²) in [7, 11) is 3.38. The Hall–Kier alpha value is -2.53. The van der Waals surface area contributed by atoms with Crippen LogP contribution < -0.4 is 4.74 Å². The summed E-state index contributed by atoms with van der Waals surface area (Å²) in [4.78, 5) is 13.3. The van der Waals surface area contributed by atoms with Crippen molar-refractivity contribution in [2.75, 3.05) is 27.4 Å². The molecule has 5 nitrogen and oxygen atoms in total. The monoisotopic (exact) mass is 325 g/mol. The van der Waals surface area contributed by atoms with E-state index in [1.807, 2.05) is 31.2 Å². The molecule has 0 unspecified atom stereocenters. The van der Waals surface area contributed by atoms with Gasteiger partial charge < -0.3 is 9.47 Å². The van der Waals surface area contributed by atoms with Gasteiger partial charge >= 0.3 is 0 Å².